The van der Waals surface area contributed by atoms with Crippen molar-refractivity contribution in [3.8, 4) is 0 Å². The number of para-hydroxylation sites is 1. The molecule has 2 aromatic carbocycles. The third-order valence-electron chi connectivity index (χ3n) is 3.61. The molecule has 0 radical (unpaired) electrons. The third-order valence-corrected chi connectivity index (χ3v) is 3.61. The Labute approximate surface area is 122 Å². The van der Waals surface area contributed by atoms with Crippen molar-refractivity contribution in [2.75, 3.05) is 5.32 Å². The number of nitrogens with one attached hydrogen (secondary N) is 1. The van der Waals surface area contributed by atoms with E-state index < -0.39 is 17.6 Å². The van der Waals surface area contributed by atoms with Crippen LogP contribution in [0.5, 0.6) is 0 Å². The van der Waals surface area contributed by atoms with Crippen LogP contribution in [0.1, 0.15) is 18.6 Å². The molecule has 0 bridgehead atoms. The molecule has 4 nitrogen and oxygen atoms in total. The first-order valence-electron chi connectivity index (χ1n) is 6.75. The van der Waals surface area contributed by atoms with E-state index in [-0.39, 0.29) is 5.78 Å². The van der Waals surface area contributed by atoms with E-state index in [1.807, 2.05) is 48.5 Å². The predicted octanol–water partition coefficient (Wildman–Crippen LogP) is 2.72. The van der Waals surface area contributed by atoms with Gasteiger partial charge in [0.2, 0.25) is 5.60 Å². The fraction of sp³-hybridized carbons (Fsp3) is 0.176. The van der Waals surface area contributed by atoms with E-state index >= 15 is 0 Å². The topological polar surface area (TPSA) is 58.7 Å². The van der Waals surface area contributed by atoms with Crippen molar-refractivity contribution in [1.82, 2.24) is 0 Å². The maximum Gasteiger partial charge on any atom is 0.267 e. The number of epoxide rings is 1. The number of benzene rings is 2. The van der Waals surface area contributed by atoms with E-state index in [1.165, 1.54) is 6.92 Å². The lowest BCUT2D eigenvalue weighted by molar-refractivity contribution is -0.131. The monoisotopic (exact) mass is 281 g/mol. The fourth-order valence-corrected chi connectivity index (χ4v) is 2.43. The zero-order valence-electron chi connectivity index (χ0n) is 11.6. The first kappa shape index (κ1) is 13.5. The minimum absolute atomic E-state index is 0.287. The SMILES string of the molecule is CC(=O)[C@@]1(C(=O)Nc2ccccc2)O[C@@H]1c1ccccc1. The molecule has 4 heteroatoms. The number of ketones is 1. The molecule has 21 heavy (non-hydrogen) atoms. The number of rotatable bonds is 4. The summed E-state index contributed by atoms with van der Waals surface area (Å²) >= 11 is 0. The Balaban J connectivity index is 1.84. The molecule has 0 unspecified atom stereocenters. The van der Waals surface area contributed by atoms with Gasteiger partial charge in [-0.3, -0.25) is 9.59 Å². The molecule has 2 atom stereocenters. The average Bonchev–Trinajstić information content (AvgIpc) is 3.26. The summed E-state index contributed by atoms with van der Waals surface area (Å²) in [5, 5.41) is 2.74. The van der Waals surface area contributed by atoms with Gasteiger partial charge in [0.05, 0.1) is 0 Å². The van der Waals surface area contributed by atoms with Gasteiger partial charge in [-0.05, 0) is 24.6 Å². The normalized spacial score (nSPS) is 23.4. The Morgan fingerprint density at radius 3 is 2.14 bits per heavy atom. The van der Waals surface area contributed by atoms with Crippen LogP contribution in [-0.2, 0) is 14.3 Å². The summed E-state index contributed by atoms with van der Waals surface area (Å²) < 4.78 is 5.52. The van der Waals surface area contributed by atoms with Crippen molar-refractivity contribution in [3.05, 3.63) is 66.2 Å². The number of anilines is 1. The predicted molar refractivity (Wildman–Crippen MR) is 78.8 cm³/mol. The highest BCUT2D eigenvalue weighted by Gasteiger charge is 2.67. The Morgan fingerprint density at radius 1 is 1.00 bits per heavy atom. The second-order valence-corrected chi connectivity index (χ2v) is 5.02. The Kier molecular flexibility index (Phi) is 3.31. The molecule has 0 saturated carbocycles. The van der Waals surface area contributed by atoms with Gasteiger partial charge < -0.3 is 10.1 Å². The smallest absolute Gasteiger partial charge is 0.267 e. The van der Waals surface area contributed by atoms with Crippen LogP contribution in [0.25, 0.3) is 0 Å². The van der Waals surface area contributed by atoms with Crippen molar-refractivity contribution in [1.29, 1.82) is 0 Å². The molecule has 0 aromatic heterocycles. The number of ether oxygens (including phenoxy) is 1. The molecular formula is C17H15NO3. The van der Waals surface area contributed by atoms with Crippen molar-refractivity contribution < 1.29 is 14.3 Å². The van der Waals surface area contributed by atoms with E-state index in [0.29, 0.717) is 5.69 Å². The van der Waals surface area contributed by atoms with E-state index in [0.717, 1.165) is 5.56 Å². The molecule has 1 heterocycles. The summed E-state index contributed by atoms with van der Waals surface area (Å²) in [5.74, 6) is -0.708. The Hall–Kier alpha value is -2.46. The second-order valence-electron chi connectivity index (χ2n) is 5.02. The lowest BCUT2D eigenvalue weighted by atomic mass is 9.95. The molecule has 1 saturated heterocycles. The van der Waals surface area contributed by atoms with Gasteiger partial charge in [0, 0.05) is 5.69 Å². The van der Waals surface area contributed by atoms with Crippen LogP contribution >= 0.6 is 0 Å². The average molecular weight is 281 g/mol. The summed E-state index contributed by atoms with van der Waals surface area (Å²) in [6.45, 7) is 1.38. The third kappa shape index (κ3) is 2.34. The van der Waals surface area contributed by atoms with Crippen LogP contribution in [0.3, 0.4) is 0 Å². The van der Waals surface area contributed by atoms with Gasteiger partial charge in [0.15, 0.2) is 5.78 Å². The largest absolute Gasteiger partial charge is 0.343 e. The van der Waals surface area contributed by atoms with Crippen LogP contribution in [0, 0.1) is 0 Å². The van der Waals surface area contributed by atoms with Gasteiger partial charge in [-0.2, -0.15) is 0 Å². The molecule has 106 valence electrons. The molecule has 1 aliphatic heterocycles. The molecule has 0 aliphatic carbocycles. The van der Waals surface area contributed by atoms with Gasteiger partial charge in [-0.25, -0.2) is 0 Å². The fourth-order valence-electron chi connectivity index (χ4n) is 2.43. The molecule has 1 amide bonds. The standard InChI is InChI=1S/C17H15NO3/c1-12(19)17(15(21-17)13-8-4-2-5-9-13)16(20)18-14-10-6-3-7-11-14/h2-11,15H,1H3,(H,18,20)/t15-,17-/m1/s1. The molecule has 2 aromatic rings. The van der Waals surface area contributed by atoms with Gasteiger partial charge in [-0.1, -0.05) is 48.5 Å². The van der Waals surface area contributed by atoms with Gasteiger partial charge in [0.1, 0.15) is 6.10 Å². The first-order chi connectivity index (χ1) is 10.1. The van der Waals surface area contributed by atoms with Crippen LogP contribution in [0.4, 0.5) is 5.69 Å². The van der Waals surface area contributed by atoms with Crippen LogP contribution < -0.4 is 5.32 Å². The number of amides is 1. The molecule has 1 fully saturated rings. The van der Waals surface area contributed by atoms with Crippen LogP contribution in [0.15, 0.2) is 60.7 Å². The summed E-state index contributed by atoms with van der Waals surface area (Å²) in [7, 11) is 0. The first-order valence-corrected chi connectivity index (χ1v) is 6.75. The second kappa shape index (κ2) is 5.14. The number of hydrogen-bond acceptors (Lipinski definition) is 3. The van der Waals surface area contributed by atoms with Gasteiger partial charge >= 0.3 is 0 Å². The zero-order chi connectivity index (χ0) is 14.9. The maximum atomic E-state index is 12.5. The number of carbonyl (C=O) groups excluding carboxylic acids is 2. The van der Waals surface area contributed by atoms with Crippen LogP contribution in [0.2, 0.25) is 0 Å². The highest BCUT2D eigenvalue weighted by Crippen LogP contribution is 2.50. The Bertz CT molecular complexity index is 669. The number of carbonyl (C=O) groups is 2. The highest BCUT2D eigenvalue weighted by atomic mass is 16.6. The van der Waals surface area contributed by atoms with E-state index in [2.05, 4.69) is 5.32 Å². The summed E-state index contributed by atoms with van der Waals surface area (Å²) in [6.07, 6.45) is -0.514. The summed E-state index contributed by atoms with van der Waals surface area (Å²) in [6, 6.07) is 18.3. The summed E-state index contributed by atoms with van der Waals surface area (Å²) in [5.41, 5.74) is 0.0679. The quantitative estimate of drug-likeness (QED) is 0.692. The highest BCUT2D eigenvalue weighted by molar-refractivity contribution is 6.16. The summed E-state index contributed by atoms with van der Waals surface area (Å²) in [4.78, 5) is 24.4. The minimum Gasteiger partial charge on any atom is -0.343 e. The van der Waals surface area contributed by atoms with Crippen molar-refractivity contribution in [2.45, 2.75) is 18.6 Å². The molecule has 0 spiro atoms. The number of Topliss-reactive ketones (excluding diaryl/α,β-unsaturated/α-hetero) is 1. The molecular weight excluding hydrogens is 266 g/mol. The lowest BCUT2D eigenvalue weighted by Gasteiger charge is -2.10. The zero-order valence-corrected chi connectivity index (χ0v) is 11.6. The molecule has 1 N–H and O–H groups in total. The van der Waals surface area contributed by atoms with Crippen LogP contribution in [-0.4, -0.2) is 17.3 Å². The maximum absolute atomic E-state index is 12.5. The van der Waals surface area contributed by atoms with Crippen molar-refractivity contribution in [2.24, 2.45) is 0 Å². The van der Waals surface area contributed by atoms with E-state index in [1.54, 1.807) is 12.1 Å². The Morgan fingerprint density at radius 2 is 1.57 bits per heavy atom. The molecule has 1 aliphatic rings. The minimum atomic E-state index is -1.41. The van der Waals surface area contributed by atoms with Crippen molar-refractivity contribution in [3.63, 3.8) is 0 Å². The van der Waals surface area contributed by atoms with E-state index in [9.17, 15) is 9.59 Å². The van der Waals surface area contributed by atoms with Crippen molar-refractivity contribution >= 4 is 17.4 Å². The van der Waals surface area contributed by atoms with E-state index in [4.69, 9.17) is 4.74 Å². The molecule has 3 rings (SSSR count). The lowest BCUT2D eigenvalue weighted by Crippen LogP contribution is -2.38. The number of hydrogen-bond donors (Lipinski definition) is 1. The van der Waals surface area contributed by atoms with Gasteiger partial charge in [-0.15, -0.1) is 0 Å². The van der Waals surface area contributed by atoms with Gasteiger partial charge in [0.25, 0.3) is 5.91 Å².